The smallest absolute Gasteiger partial charge is 0.146 e. The monoisotopic (exact) mass is 336 g/mol. The lowest BCUT2D eigenvalue weighted by Gasteiger charge is -2.44. The molecule has 1 saturated carbocycles. The average Bonchev–Trinajstić information content (AvgIpc) is 2.53. The van der Waals surface area contributed by atoms with Crippen LogP contribution in [0.1, 0.15) is 53.9 Å². The van der Waals surface area contributed by atoms with E-state index in [1.807, 2.05) is 44.2 Å². The van der Waals surface area contributed by atoms with Gasteiger partial charge in [0.2, 0.25) is 0 Å². The summed E-state index contributed by atoms with van der Waals surface area (Å²) in [6.07, 6.45) is 3.32. The van der Waals surface area contributed by atoms with E-state index in [1.165, 1.54) is 6.42 Å². The van der Waals surface area contributed by atoms with Crippen LogP contribution in [0.3, 0.4) is 0 Å². The molecular weight excluding hydrogens is 303 g/mol. The molecule has 0 saturated heterocycles. The van der Waals surface area contributed by atoms with E-state index >= 15 is 0 Å². The third-order valence-corrected chi connectivity index (χ3v) is 9.70. The Balaban J connectivity index is 2.53. The fourth-order valence-electron chi connectivity index (χ4n) is 4.24. The minimum Gasteiger partial charge on any atom is -0.385 e. The molecule has 1 N–H and O–H groups in total. The second kappa shape index (κ2) is 7.53. The lowest BCUT2D eigenvalue weighted by atomic mass is 9.77. The van der Waals surface area contributed by atoms with Crippen LogP contribution in [-0.4, -0.2) is 16.6 Å². The predicted octanol–water partition coefficient (Wildman–Crippen LogP) is 5.11. The van der Waals surface area contributed by atoms with Gasteiger partial charge in [-0.15, -0.1) is 0 Å². The minimum atomic E-state index is -2.89. The van der Waals surface area contributed by atoms with Gasteiger partial charge < -0.3 is 9.67 Å². The Bertz CT molecular complexity index is 538. The van der Waals surface area contributed by atoms with E-state index in [1.54, 1.807) is 0 Å². The maximum atomic E-state index is 14.3. The van der Waals surface area contributed by atoms with Gasteiger partial charge >= 0.3 is 0 Å². The van der Waals surface area contributed by atoms with Gasteiger partial charge in [0, 0.05) is 11.0 Å². The molecule has 1 fully saturated rings. The van der Waals surface area contributed by atoms with Gasteiger partial charge in [-0.1, -0.05) is 71.4 Å². The molecule has 0 aromatic heterocycles. The fraction of sp³-hybridized carbons (Fsp3) is 0.700. The summed E-state index contributed by atoms with van der Waals surface area (Å²) < 4.78 is 14.3. The summed E-state index contributed by atoms with van der Waals surface area (Å²) in [5, 5.41) is 11.8. The Morgan fingerprint density at radius 3 is 2.22 bits per heavy atom. The molecule has 0 radical (unpaired) electrons. The van der Waals surface area contributed by atoms with Gasteiger partial charge in [-0.05, 0) is 36.5 Å². The number of hydrogen-bond donors (Lipinski definition) is 1. The van der Waals surface area contributed by atoms with E-state index in [2.05, 4.69) is 20.8 Å². The van der Waals surface area contributed by atoms with Gasteiger partial charge in [-0.3, -0.25) is 0 Å². The van der Waals surface area contributed by atoms with Crippen molar-refractivity contribution < 1.29 is 9.67 Å². The summed E-state index contributed by atoms with van der Waals surface area (Å²) in [6.45, 7) is 10.7. The second-order valence-electron chi connectivity index (χ2n) is 8.10. The quantitative estimate of drug-likeness (QED) is 0.759. The van der Waals surface area contributed by atoms with Crippen molar-refractivity contribution in [2.45, 2.75) is 65.4 Å². The van der Waals surface area contributed by atoms with Crippen LogP contribution in [0.25, 0.3) is 0 Å². The van der Waals surface area contributed by atoms with Crippen LogP contribution >= 0.6 is 7.14 Å². The Morgan fingerprint density at radius 2 is 1.70 bits per heavy atom. The molecular formula is C20H33O2P. The first-order valence-electron chi connectivity index (χ1n) is 9.11. The number of aliphatic hydroxyl groups is 1. The highest BCUT2D eigenvalue weighted by molar-refractivity contribution is 7.72. The van der Waals surface area contributed by atoms with Gasteiger partial charge in [0.1, 0.15) is 13.0 Å². The van der Waals surface area contributed by atoms with E-state index < -0.39 is 13.0 Å². The number of rotatable bonds is 5. The average molecular weight is 336 g/mol. The topological polar surface area (TPSA) is 37.3 Å². The predicted molar refractivity (Wildman–Crippen MR) is 99.7 cm³/mol. The summed E-state index contributed by atoms with van der Waals surface area (Å²) >= 11 is 0. The van der Waals surface area contributed by atoms with Crippen LogP contribution in [0.4, 0.5) is 0 Å². The summed E-state index contributed by atoms with van der Waals surface area (Å²) in [4.78, 5) is 0. The van der Waals surface area contributed by atoms with E-state index in [4.69, 9.17) is 0 Å². The maximum absolute atomic E-state index is 14.3. The van der Waals surface area contributed by atoms with Crippen LogP contribution in [0, 0.1) is 23.7 Å². The molecule has 0 heterocycles. The first-order valence-corrected chi connectivity index (χ1v) is 11.0. The first-order chi connectivity index (χ1) is 10.8. The number of aliphatic hydroxyl groups excluding tert-OH is 1. The van der Waals surface area contributed by atoms with Gasteiger partial charge in [0.15, 0.2) is 0 Å². The minimum absolute atomic E-state index is 0.00563. The molecule has 130 valence electrons. The molecule has 1 aliphatic rings. The highest BCUT2D eigenvalue weighted by atomic mass is 31.2. The molecule has 0 aliphatic heterocycles. The normalized spacial score (nSPS) is 29.5. The van der Waals surface area contributed by atoms with E-state index in [9.17, 15) is 9.67 Å². The third-order valence-electron chi connectivity index (χ3n) is 5.63. The van der Waals surface area contributed by atoms with Gasteiger partial charge in [-0.2, -0.15) is 0 Å². The van der Waals surface area contributed by atoms with Crippen molar-refractivity contribution in [2.75, 3.05) is 0 Å². The van der Waals surface area contributed by atoms with Gasteiger partial charge in [0.05, 0.1) is 0 Å². The van der Waals surface area contributed by atoms with Crippen LogP contribution in [0.5, 0.6) is 0 Å². The number of hydrogen-bond acceptors (Lipinski definition) is 2. The lowest BCUT2D eigenvalue weighted by molar-refractivity contribution is 0.183. The molecule has 5 atom stereocenters. The van der Waals surface area contributed by atoms with Crippen molar-refractivity contribution in [1.82, 2.24) is 0 Å². The highest BCUT2D eigenvalue weighted by Gasteiger charge is 2.48. The largest absolute Gasteiger partial charge is 0.385 e. The fourth-order valence-corrected chi connectivity index (χ4v) is 8.58. The Labute approximate surface area is 142 Å². The molecule has 0 bridgehead atoms. The zero-order valence-corrected chi connectivity index (χ0v) is 16.2. The molecule has 3 heteroatoms. The molecule has 2 nitrogen and oxygen atoms in total. The molecule has 1 unspecified atom stereocenters. The van der Waals surface area contributed by atoms with Crippen molar-refractivity contribution in [3.05, 3.63) is 30.3 Å². The maximum Gasteiger partial charge on any atom is 0.146 e. The van der Waals surface area contributed by atoms with E-state index in [0.29, 0.717) is 17.8 Å². The second-order valence-corrected chi connectivity index (χ2v) is 11.2. The van der Waals surface area contributed by atoms with Crippen LogP contribution in [0.2, 0.25) is 0 Å². The van der Waals surface area contributed by atoms with Crippen molar-refractivity contribution >= 4 is 12.4 Å². The molecule has 1 aromatic carbocycles. The van der Waals surface area contributed by atoms with Gasteiger partial charge in [-0.25, -0.2) is 0 Å². The van der Waals surface area contributed by atoms with Crippen LogP contribution in [-0.2, 0) is 4.57 Å². The Morgan fingerprint density at radius 1 is 1.09 bits per heavy atom. The summed E-state index contributed by atoms with van der Waals surface area (Å²) in [5.74, 6) is 0.786. The van der Waals surface area contributed by atoms with Crippen molar-refractivity contribution in [2.24, 2.45) is 23.7 Å². The molecule has 1 aliphatic carbocycles. The van der Waals surface area contributed by atoms with Crippen LogP contribution < -0.4 is 5.30 Å². The zero-order valence-electron chi connectivity index (χ0n) is 15.3. The van der Waals surface area contributed by atoms with Crippen molar-refractivity contribution in [3.8, 4) is 0 Å². The lowest BCUT2D eigenvalue weighted by Crippen LogP contribution is -2.39. The summed E-state index contributed by atoms with van der Waals surface area (Å²) in [6, 6.07) is 9.78. The molecule has 0 amide bonds. The Kier molecular flexibility index (Phi) is 6.14. The molecule has 2 rings (SSSR count). The zero-order chi connectivity index (χ0) is 17.2. The third kappa shape index (κ3) is 3.74. The first kappa shape index (κ1) is 18.7. The SMILES string of the molecule is CC(C)[C@@H](O)P(=O)(c1ccccc1)[C@@H]1C[C@H](C)CC[C@H]1C(C)C. The molecule has 1 aromatic rings. The van der Waals surface area contributed by atoms with E-state index in [-0.39, 0.29) is 11.6 Å². The molecule has 23 heavy (non-hydrogen) atoms. The Hall–Kier alpha value is -0.590. The van der Waals surface area contributed by atoms with Crippen molar-refractivity contribution in [1.29, 1.82) is 0 Å². The summed E-state index contributed by atoms with van der Waals surface area (Å²) in [7, 11) is -2.89. The molecule has 0 spiro atoms. The van der Waals surface area contributed by atoms with Crippen LogP contribution in [0.15, 0.2) is 30.3 Å². The van der Waals surface area contributed by atoms with E-state index in [0.717, 1.165) is 18.1 Å². The van der Waals surface area contributed by atoms with Crippen molar-refractivity contribution in [3.63, 3.8) is 0 Å². The highest BCUT2D eigenvalue weighted by Crippen LogP contribution is 2.62. The summed E-state index contributed by atoms with van der Waals surface area (Å²) in [5.41, 5.74) is 0.103. The van der Waals surface area contributed by atoms with Gasteiger partial charge in [0.25, 0.3) is 0 Å². The standard InChI is InChI=1S/C20H33O2P/c1-14(2)18-12-11-16(5)13-19(18)23(22,20(21)15(3)4)17-9-7-6-8-10-17/h6-10,14-16,18-21H,11-13H2,1-5H3/t16-,18+,19-,20+,23?/m1/s1. The number of benzene rings is 1.